The molecule has 2 heterocycles. The molecule has 2 rings (SSSR count). The van der Waals surface area contributed by atoms with E-state index in [4.69, 9.17) is 0 Å². The number of imidazole rings is 1. The fraction of sp³-hybridized carbons (Fsp3) is 0.364. The highest BCUT2D eigenvalue weighted by Crippen LogP contribution is 1.99. The number of aryl methyl sites for hydroxylation is 1. The summed E-state index contributed by atoms with van der Waals surface area (Å²) >= 11 is 0. The maximum atomic E-state index is 2.25. The summed E-state index contributed by atoms with van der Waals surface area (Å²) in [6, 6.07) is 6.25. The van der Waals surface area contributed by atoms with Crippen LogP contribution in [0.2, 0.25) is 0 Å². The van der Waals surface area contributed by atoms with Crippen molar-refractivity contribution in [2.24, 2.45) is 0 Å². The number of pyridine rings is 1. The van der Waals surface area contributed by atoms with Gasteiger partial charge in [-0.2, -0.15) is 0 Å². The molecule has 0 spiro atoms. The third kappa shape index (κ3) is 2.26. The molecule has 0 amide bonds. The molecule has 3 heteroatoms. The zero-order chi connectivity index (χ0) is 9.10. The summed E-state index contributed by atoms with van der Waals surface area (Å²) < 4.78 is 4.40. The molecule has 76 valence electrons. The molecule has 0 N–H and O–H groups in total. The minimum absolute atomic E-state index is 0. The lowest BCUT2D eigenvalue weighted by Gasteiger charge is -1.90. The highest BCUT2D eigenvalue weighted by molar-refractivity contribution is 5.41. The predicted molar refractivity (Wildman–Crippen MR) is 52.5 cm³/mol. The molecule has 0 aliphatic carbocycles. The van der Waals surface area contributed by atoms with Crippen molar-refractivity contribution in [2.45, 2.75) is 26.3 Å². The number of rotatable bonds is 3. The van der Waals surface area contributed by atoms with Crippen molar-refractivity contribution >= 4 is 5.52 Å². The van der Waals surface area contributed by atoms with Crippen molar-refractivity contribution in [1.82, 2.24) is 4.40 Å². The fourth-order valence-corrected chi connectivity index (χ4v) is 1.51. The standard InChI is InChI=1S/C11H15N2.ClH/c1-2-3-7-12-9-11-6-4-5-8-13(11)10-12;/h4-6,8-10H,2-3,7H2,1H3;1H/q+1;/p-1. The Kier molecular flexibility index (Phi) is 3.96. The van der Waals surface area contributed by atoms with Gasteiger partial charge in [0.1, 0.15) is 6.20 Å². The Morgan fingerprint density at radius 2 is 2.21 bits per heavy atom. The molecule has 2 aromatic rings. The Morgan fingerprint density at radius 1 is 1.36 bits per heavy atom. The van der Waals surface area contributed by atoms with Crippen molar-refractivity contribution in [1.29, 1.82) is 0 Å². The van der Waals surface area contributed by atoms with E-state index in [-0.39, 0.29) is 12.4 Å². The molecule has 0 fully saturated rings. The lowest BCUT2D eigenvalue weighted by atomic mass is 10.3. The van der Waals surface area contributed by atoms with Crippen LogP contribution in [-0.2, 0) is 6.54 Å². The molecule has 2 nitrogen and oxygen atoms in total. The van der Waals surface area contributed by atoms with E-state index >= 15 is 0 Å². The van der Waals surface area contributed by atoms with Crippen LogP contribution < -0.4 is 17.0 Å². The topological polar surface area (TPSA) is 8.29 Å². The number of nitrogens with zero attached hydrogens (tertiary/aromatic N) is 2. The second kappa shape index (κ2) is 5.01. The summed E-state index contributed by atoms with van der Waals surface area (Å²) in [5.41, 5.74) is 1.26. The molecule has 2 aromatic heterocycles. The third-order valence-electron chi connectivity index (χ3n) is 2.26. The zero-order valence-electron chi connectivity index (χ0n) is 8.36. The van der Waals surface area contributed by atoms with E-state index in [0.29, 0.717) is 0 Å². The lowest BCUT2D eigenvalue weighted by molar-refractivity contribution is -0.695. The normalized spacial score (nSPS) is 10.1. The van der Waals surface area contributed by atoms with Gasteiger partial charge in [-0.15, -0.1) is 0 Å². The largest absolute Gasteiger partial charge is 1.00 e. The molecule has 0 aliphatic heterocycles. The maximum absolute atomic E-state index is 2.25. The van der Waals surface area contributed by atoms with E-state index in [0.717, 1.165) is 6.54 Å². The van der Waals surface area contributed by atoms with Gasteiger partial charge < -0.3 is 12.4 Å². The first-order valence-corrected chi connectivity index (χ1v) is 4.86. The van der Waals surface area contributed by atoms with Crippen LogP contribution in [0.25, 0.3) is 5.52 Å². The number of unbranched alkanes of at least 4 members (excludes halogenated alkanes) is 1. The van der Waals surface area contributed by atoms with Crippen molar-refractivity contribution in [2.75, 3.05) is 0 Å². The molecule has 0 bridgehead atoms. The quantitative estimate of drug-likeness (QED) is 0.577. The van der Waals surface area contributed by atoms with Gasteiger partial charge in [0.05, 0.1) is 12.7 Å². The van der Waals surface area contributed by atoms with Crippen LogP contribution >= 0.6 is 0 Å². The van der Waals surface area contributed by atoms with Crippen LogP contribution in [0, 0.1) is 0 Å². The predicted octanol–water partition coefficient (Wildman–Crippen LogP) is -0.969. The van der Waals surface area contributed by atoms with Crippen LogP contribution in [0.15, 0.2) is 36.9 Å². The van der Waals surface area contributed by atoms with Crippen LogP contribution in [0.4, 0.5) is 0 Å². The Bertz CT molecular complexity index is 362. The van der Waals surface area contributed by atoms with Gasteiger partial charge in [-0.25, -0.2) is 8.97 Å². The van der Waals surface area contributed by atoms with E-state index in [2.05, 4.69) is 52.8 Å². The third-order valence-corrected chi connectivity index (χ3v) is 2.26. The molecule has 0 saturated heterocycles. The van der Waals surface area contributed by atoms with Crippen molar-refractivity contribution in [3.63, 3.8) is 0 Å². The van der Waals surface area contributed by atoms with Gasteiger partial charge in [0.15, 0.2) is 5.52 Å². The summed E-state index contributed by atoms with van der Waals surface area (Å²) in [6.07, 6.45) is 8.92. The number of hydrogen-bond acceptors (Lipinski definition) is 0. The second-order valence-corrected chi connectivity index (χ2v) is 3.37. The number of hydrogen-bond donors (Lipinski definition) is 0. The van der Waals surface area contributed by atoms with Gasteiger partial charge in [-0.3, -0.25) is 0 Å². The minimum Gasteiger partial charge on any atom is -1.00 e. The van der Waals surface area contributed by atoms with E-state index in [9.17, 15) is 0 Å². The highest BCUT2D eigenvalue weighted by Gasteiger charge is 2.03. The molecular formula is C11H15ClN2. The van der Waals surface area contributed by atoms with Crippen LogP contribution in [-0.4, -0.2) is 4.40 Å². The first-order valence-electron chi connectivity index (χ1n) is 4.86. The van der Waals surface area contributed by atoms with E-state index in [1.807, 2.05) is 0 Å². The smallest absolute Gasteiger partial charge is 0.248 e. The maximum Gasteiger partial charge on any atom is 0.248 e. The van der Waals surface area contributed by atoms with Gasteiger partial charge >= 0.3 is 0 Å². The first-order chi connectivity index (χ1) is 6.40. The lowest BCUT2D eigenvalue weighted by Crippen LogP contribution is -3.00. The highest BCUT2D eigenvalue weighted by atomic mass is 35.5. The van der Waals surface area contributed by atoms with Gasteiger partial charge in [0.25, 0.3) is 0 Å². The fourth-order valence-electron chi connectivity index (χ4n) is 1.51. The minimum atomic E-state index is 0. The monoisotopic (exact) mass is 210 g/mol. The van der Waals surface area contributed by atoms with E-state index < -0.39 is 0 Å². The Labute approximate surface area is 90.6 Å². The molecule has 0 aliphatic rings. The van der Waals surface area contributed by atoms with Gasteiger partial charge in [-0.05, 0) is 18.6 Å². The SMILES string of the molecule is CCCC[n+]1cc2ccccn2c1.[Cl-]. The van der Waals surface area contributed by atoms with Gasteiger partial charge in [0, 0.05) is 0 Å². The van der Waals surface area contributed by atoms with Crippen molar-refractivity contribution in [3.05, 3.63) is 36.9 Å². The van der Waals surface area contributed by atoms with Gasteiger partial charge in [-0.1, -0.05) is 19.4 Å². The molecule has 0 atom stereocenters. The number of fused-ring (bicyclic) bond motifs is 1. The first kappa shape index (κ1) is 11.1. The summed E-state index contributed by atoms with van der Waals surface area (Å²) in [5, 5.41) is 0. The summed E-state index contributed by atoms with van der Waals surface area (Å²) in [6.45, 7) is 3.34. The van der Waals surface area contributed by atoms with E-state index in [1.165, 1.54) is 18.4 Å². The number of halogens is 1. The average molecular weight is 211 g/mol. The number of aromatic nitrogens is 2. The van der Waals surface area contributed by atoms with Crippen LogP contribution in [0.3, 0.4) is 0 Å². The average Bonchev–Trinajstić information content (AvgIpc) is 2.57. The molecule has 14 heavy (non-hydrogen) atoms. The second-order valence-electron chi connectivity index (χ2n) is 3.37. The van der Waals surface area contributed by atoms with Crippen molar-refractivity contribution in [3.8, 4) is 0 Å². The summed E-state index contributed by atoms with van der Waals surface area (Å²) in [5.74, 6) is 0. The van der Waals surface area contributed by atoms with Crippen LogP contribution in [0.5, 0.6) is 0 Å². The van der Waals surface area contributed by atoms with E-state index in [1.54, 1.807) is 0 Å². The molecular weight excluding hydrogens is 196 g/mol. The van der Waals surface area contributed by atoms with Crippen molar-refractivity contribution < 1.29 is 17.0 Å². The zero-order valence-corrected chi connectivity index (χ0v) is 9.11. The summed E-state index contributed by atoms with van der Waals surface area (Å²) in [7, 11) is 0. The molecule has 0 saturated carbocycles. The Hall–Kier alpha value is -1.02. The molecule has 0 radical (unpaired) electrons. The Morgan fingerprint density at radius 3 is 2.93 bits per heavy atom. The molecule has 0 aromatic carbocycles. The Balaban J connectivity index is 0.000000980. The molecule has 0 unspecified atom stereocenters. The van der Waals surface area contributed by atoms with Crippen LogP contribution in [0.1, 0.15) is 19.8 Å². The summed E-state index contributed by atoms with van der Waals surface area (Å²) in [4.78, 5) is 0. The van der Waals surface area contributed by atoms with Gasteiger partial charge in [0.2, 0.25) is 6.33 Å².